The maximum Gasteiger partial charge on any atom is 0.255 e. The molecule has 2 N–H and O–H groups in total. The number of anilines is 1. The molecule has 1 heterocycles. The van der Waals surface area contributed by atoms with Crippen LogP contribution >= 0.6 is 0 Å². The molecule has 3 rings (SSSR count). The van der Waals surface area contributed by atoms with Gasteiger partial charge < -0.3 is 24.8 Å². The molecule has 154 valence electrons. The Kier molecular flexibility index (Phi) is 6.59. The van der Waals surface area contributed by atoms with Gasteiger partial charge in [0.05, 0.1) is 31.0 Å². The van der Waals surface area contributed by atoms with Crippen molar-refractivity contribution >= 4 is 17.5 Å². The summed E-state index contributed by atoms with van der Waals surface area (Å²) >= 11 is 0. The van der Waals surface area contributed by atoms with Crippen LogP contribution in [0.4, 0.5) is 5.69 Å². The molecule has 0 radical (unpaired) electrons. The largest absolute Gasteiger partial charge is 0.493 e. The van der Waals surface area contributed by atoms with Gasteiger partial charge in [0.25, 0.3) is 5.91 Å². The van der Waals surface area contributed by atoms with Crippen molar-refractivity contribution in [1.29, 1.82) is 0 Å². The molecule has 7 heteroatoms. The van der Waals surface area contributed by atoms with Crippen molar-refractivity contribution < 1.29 is 23.8 Å². The standard InChI is InChI=1S/C22H26N2O5/c1-4-27-18-9-7-6-8-16(18)22(26)23-13-21(25)24-17-12-19-15(10-14(3)29-19)11-20(17)28-5-2/h6-9,11-12,14H,4-5,10,13H2,1-3H3,(H,23,26)(H,24,25). The molecule has 1 atom stereocenters. The quantitative estimate of drug-likeness (QED) is 0.713. The van der Waals surface area contributed by atoms with Crippen molar-refractivity contribution in [2.45, 2.75) is 33.3 Å². The number of hydrogen-bond acceptors (Lipinski definition) is 5. The molecule has 0 spiro atoms. The fraction of sp³-hybridized carbons (Fsp3) is 0.364. The Morgan fingerprint density at radius 2 is 1.83 bits per heavy atom. The van der Waals surface area contributed by atoms with E-state index in [1.54, 1.807) is 30.3 Å². The van der Waals surface area contributed by atoms with E-state index in [-0.39, 0.29) is 24.5 Å². The SMILES string of the molecule is CCOc1cc2c(cc1NC(=O)CNC(=O)c1ccccc1OCC)OC(C)C2. The molecule has 0 saturated carbocycles. The summed E-state index contributed by atoms with van der Waals surface area (Å²) in [7, 11) is 0. The Labute approximate surface area is 170 Å². The van der Waals surface area contributed by atoms with Crippen molar-refractivity contribution in [3.8, 4) is 17.2 Å². The maximum atomic E-state index is 12.4. The van der Waals surface area contributed by atoms with Crippen LogP contribution in [-0.4, -0.2) is 37.7 Å². The van der Waals surface area contributed by atoms with Gasteiger partial charge in [-0.2, -0.15) is 0 Å². The minimum absolute atomic E-state index is 0.0927. The molecule has 0 aliphatic carbocycles. The topological polar surface area (TPSA) is 85.9 Å². The lowest BCUT2D eigenvalue weighted by atomic mass is 10.1. The summed E-state index contributed by atoms with van der Waals surface area (Å²) < 4.78 is 16.9. The van der Waals surface area contributed by atoms with Gasteiger partial charge in [0.15, 0.2) is 0 Å². The van der Waals surface area contributed by atoms with E-state index < -0.39 is 0 Å². The van der Waals surface area contributed by atoms with Gasteiger partial charge in [-0.25, -0.2) is 0 Å². The summed E-state index contributed by atoms with van der Waals surface area (Å²) in [6.07, 6.45) is 0.897. The van der Waals surface area contributed by atoms with Crippen LogP contribution in [0.2, 0.25) is 0 Å². The molecule has 2 aromatic carbocycles. The number of carbonyl (C=O) groups excluding carboxylic acids is 2. The minimum atomic E-state index is -0.375. The molecule has 0 bridgehead atoms. The zero-order valence-electron chi connectivity index (χ0n) is 16.9. The number of rotatable bonds is 8. The highest BCUT2D eigenvalue weighted by Gasteiger charge is 2.23. The Morgan fingerprint density at radius 3 is 2.59 bits per heavy atom. The molecule has 0 fully saturated rings. The third-order valence-electron chi connectivity index (χ3n) is 4.41. The number of benzene rings is 2. The summed E-state index contributed by atoms with van der Waals surface area (Å²) in [5.41, 5.74) is 1.96. The number of hydrogen-bond donors (Lipinski definition) is 2. The first-order chi connectivity index (χ1) is 14.0. The molecular formula is C22H26N2O5. The summed E-state index contributed by atoms with van der Waals surface area (Å²) in [6.45, 7) is 6.47. The van der Waals surface area contributed by atoms with E-state index in [4.69, 9.17) is 14.2 Å². The van der Waals surface area contributed by atoms with Crippen molar-refractivity contribution in [3.63, 3.8) is 0 Å². The van der Waals surface area contributed by atoms with Crippen LogP contribution in [0.5, 0.6) is 17.2 Å². The zero-order chi connectivity index (χ0) is 20.8. The highest BCUT2D eigenvalue weighted by Crippen LogP contribution is 2.38. The first kappa shape index (κ1) is 20.5. The molecular weight excluding hydrogens is 372 g/mol. The monoisotopic (exact) mass is 398 g/mol. The lowest BCUT2D eigenvalue weighted by molar-refractivity contribution is -0.115. The summed E-state index contributed by atoms with van der Waals surface area (Å²) in [4.78, 5) is 24.9. The smallest absolute Gasteiger partial charge is 0.255 e. The number of ether oxygens (including phenoxy) is 3. The van der Waals surface area contributed by atoms with Crippen LogP contribution < -0.4 is 24.8 Å². The van der Waals surface area contributed by atoms with Crippen molar-refractivity contribution in [1.82, 2.24) is 5.32 Å². The number of para-hydroxylation sites is 1. The number of nitrogens with one attached hydrogen (secondary N) is 2. The highest BCUT2D eigenvalue weighted by molar-refractivity contribution is 6.01. The minimum Gasteiger partial charge on any atom is -0.493 e. The summed E-state index contributed by atoms with van der Waals surface area (Å²) in [6, 6.07) is 10.6. The molecule has 2 aromatic rings. The van der Waals surface area contributed by atoms with E-state index in [1.165, 1.54) is 0 Å². The molecule has 0 saturated heterocycles. The first-order valence-corrected chi connectivity index (χ1v) is 9.78. The predicted octanol–water partition coefficient (Wildman–Crippen LogP) is 3.18. The van der Waals surface area contributed by atoms with E-state index in [9.17, 15) is 9.59 Å². The van der Waals surface area contributed by atoms with Gasteiger partial charge in [0.2, 0.25) is 5.91 Å². The van der Waals surface area contributed by atoms with Gasteiger partial charge in [-0.05, 0) is 39.0 Å². The number of carbonyl (C=O) groups is 2. The third kappa shape index (κ3) is 4.99. The molecule has 7 nitrogen and oxygen atoms in total. The van der Waals surface area contributed by atoms with E-state index in [0.29, 0.717) is 36.0 Å². The summed E-state index contributed by atoms with van der Waals surface area (Å²) in [5, 5.41) is 5.42. The van der Waals surface area contributed by atoms with Gasteiger partial charge in [0.1, 0.15) is 23.4 Å². The molecule has 2 amide bonds. The van der Waals surface area contributed by atoms with Gasteiger partial charge in [-0.15, -0.1) is 0 Å². The maximum absolute atomic E-state index is 12.4. The Hall–Kier alpha value is -3.22. The third-order valence-corrected chi connectivity index (χ3v) is 4.41. The van der Waals surface area contributed by atoms with Crippen LogP contribution in [0.15, 0.2) is 36.4 Å². The Balaban J connectivity index is 1.65. The van der Waals surface area contributed by atoms with Gasteiger partial charge in [0, 0.05) is 18.1 Å². The Bertz CT molecular complexity index is 897. The molecule has 1 unspecified atom stereocenters. The van der Waals surface area contributed by atoms with Crippen LogP contribution in [0.1, 0.15) is 36.7 Å². The lowest BCUT2D eigenvalue weighted by Crippen LogP contribution is -2.33. The molecule has 1 aliphatic rings. The average molecular weight is 398 g/mol. The van der Waals surface area contributed by atoms with Gasteiger partial charge >= 0.3 is 0 Å². The average Bonchev–Trinajstić information content (AvgIpc) is 3.06. The van der Waals surface area contributed by atoms with Crippen LogP contribution in [0.3, 0.4) is 0 Å². The van der Waals surface area contributed by atoms with E-state index in [0.717, 1.165) is 17.7 Å². The van der Waals surface area contributed by atoms with Crippen LogP contribution in [-0.2, 0) is 11.2 Å². The van der Waals surface area contributed by atoms with Crippen molar-refractivity contribution in [3.05, 3.63) is 47.5 Å². The second kappa shape index (κ2) is 9.32. The molecule has 1 aliphatic heterocycles. The Morgan fingerprint density at radius 1 is 1.10 bits per heavy atom. The van der Waals surface area contributed by atoms with Crippen molar-refractivity contribution in [2.75, 3.05) is 25.1 Å². The molecule has 29 heavy (non-hydrogen) atoms. The van der Waals surface area contributed by atoms with Crippen LogP contribution in [0, 0.1) is 0 Å². The normalized spacial score (nSPS) is 14.5. The van der Waals surface area contributed by atoms with E-state index in [1.807, 2.05) is 26.8 Å². The van der Waals surface area contributed by atoms with Gasteiger partial charge in [-0.3, -0.25) is 9.59 Å². The van der Waals surface area contributed by atoms with Crippen LogP contribution in [0.25, 0.3) is 0 Å². The second-order valence-electron chi connectivity index (χ2n) is 6.68. The highest BCUT2D eigenvalue weighted by atomic mass is 16.5. The fourth-order valence-electron chi connectivity index (χ4n) is 3.20. The van der Waals surface area contributed by atoms with Crippen molar-refractivity contribution in [2.24, 2.45) is 0 Å². The van der Waals surface area contributed by atoms with E-state index in [2.05, 4.69) is 10.6 Å². The number of amides is 2. The zero-order valence-corrected chi connectivity index (χ0v) is 16.9. The number of fused-ring (bicyclic) bond motifs is 1. The predicted molar refractivity (Wildman–Crippen MR) is 110 cm³/mol. The van der Waals surface area contributed by atoms with Gasteiger partial charge in [-0.1, -0.05) is 12.1 Å². The summed E-state index contributed by atoms with van der Waals surface area (Å²) in [5.74, 6) is 1.08. The van der Waals surface area contributed by atoms with E-state index >= 15 is 0 Å². The second-order valence-corrected chi connectivity index (χ2v) is 6.68. The fourth-order valence-corrected chi connectivity index (χ4v) is 3.20. The molecule has 0 aromatic heterocycles. The lowest BCUT2D eigenvalue weighted by Gasteiger charge is -2.14. The first-order valence-electron chi connectivity index (χ1n) is 9.78.